The van der Waals surface area contributed by atoms with Crippen molar-refractivity contribution in [1.29, 1.82) is 0 Å². The average Bonchev–Trinajstić information content (AvgIpc) is 3.02. The molecule has 0 atom stereocenters. The van der Waals surface area contributed by atoms with Crippen molar-refractivity contribution in [1.82, 2.24) is 14.7 Å². The molecule has 0 unspecified atom stereocenters. The van der Waals surface area contributed by atoms with Gasteiger partial charge in [0.05, 0.1) is 23.1 Å². The molecule has 0 N–H and O–H groups in total. The summed E-state index contributed by atoms with van der Waals surface area (Å²) in [5, 5.41) is 5.87. The number of aromatic nitrogens is 3. The molecule has 7 heteroatoms. The predicted octanol–water partition coefficient (Wildman–Crippen LogP) is 5.00. The van der Waals surface area contributed by atoms with Crippen molar-refractivity contribution >= 4 is 34.3 Å². The molecule has 2 aromatic heterocycles. The van der Waals surface area contributed by atoms with Crippen LogP contribution in [0.5, 0.6) is 0 Å². The Labute approximate surface area is 171 Å². The Balaban J connectivity index is 1.79. The number of aryl methyl sites for hydroxylation is 2. The first kappa shape index (κ1) is 18.8. The second kappa shape index (κ2) is 7.81. The Hall–Kier alpha value is -2.57. The monoisotopic (exact) mass is 411 g/mol. The molecule has 2 heterocycles. The summed E-state index contributed by atoms with van der Waals surface area (Å²) in [6.45, 7) is 4.16. The maximum atomic E-state index is 13.2. The average molecular weight is 412 g/mol. The van der Waals surface area contributed by atoms with E-state index in [9.17, 15) is 4.79 Å². The molecule has 0 saturated heterocycles. The van der Waals surface area contributed by atoms with Crippen LogP contribution in [-0.4, -0.2) is 14.7 Å². The lowest BCUT2D eigenvalue weighted by Gasteiger charge is -2.14. The van der Waals surface area contributed by atoms with E-state index in [1.807, 2.05) is 56.3 Å². The van der Waals surface area contributed by atoms with Crippen molar-refractivity contribution < 1.29 is 4.52 Å². The van der Waals surface area contributed by atoms with Gasteiger partial charge in [-0.25, -0.2) is 4.98 Å². The molecule has 0 spiro atoms. The summed E-state index contributed by atoms with van der Waals surface area (Å²) in [5.41, 5.74) is 3.36. The fourth-order valence-corrected chi connectivity index (χ4v) is 4.39. The van der Waals surface area contributed by atoms with E-state index >= 15 is 0 Å². The van der Waals surface area contributed by atoms with Gasteiger partial charge in [-0.15, -0.1) is 0 Å². The van der Waals surface area contributed by atoms with Crippen LogP contribution in [0.3, 0.4) is 0 Å². The molecule has 0 amide bonds. The van der Waals surface area contributed by atoms with Crippen molar-refractivity contribution in [2.45, 2.75) is 31.3 Å². The predicted molar refractivity (Wildman–Crippen MR) is 112 cm³/mol. The van der Waals surface area contributed by atoms with Crippen LogP contribution in [0, 0.1) is 13.8 Å². The quantitative estimate of drug-likeness (QED) is 0.342. The third kappa shape index (κ3) is 3.57. The number of benzene rings is 2. The highest BCUT2D eigenvalue weighted by Crippen LogP contribution is 2.26. The van der Waals surface area contributed by atoms with E-state index in [2.05, 4.69) is 5.16 Å². The lowest BCUT2D eigenvalue weighted by molar-refractivity contribution is 0.392. The lowest BCUT2D eigenvalue weighted by atomic mass is 10.2. The molecule has 4 rings (SSSR count). The van der Waals surface area contributed by atoms with Crippen molar-refractivity contribution in [3.63, 3.8) is 0 Å². The fraction of sp³-hybridized carbons (Fsp3) is 0.190. The zero-order valence-corrected chi connectivity index (χ0v) is 17.0. The zero-order valence-electron chi connectivity index (χ0n) is 15.5. The summed E-state index contributed by atoms with van der Waals surface area (Å²) in [6, 6.07) is 14.9. The molecule has 0 aliphatic carbocycles. The van der Waals surface area contributed by atoms with Crippen LogP contribution < -0.4 is 5.56 Å². The van der Waals surface area contributed by atoms with E-state index < -0.39 is 0 Å². The highest BCUT2D eigenvalue weighted by atomic mass is 35.5. The molecule has 4 aromatic rings. The smallest absolute Gasteiger partial charge is 0.262 e. The number of rotatable bonds is 5. The molecule has 142 valence electrons. The van der Waals surface area contributed by atoms with Crippen molar-refractivity contribution in [2.24, 2.45) is 0 Å². The number of halogens is 1. The summed E-state index contributed by atoms with van der Waals surface area (Å²) >= 11 is 7.83. The Morgan fingerprint density at radius 2 is 1.86 bits per heavy atom. The minimum atomic E-state index is -0.0771. The van der Waals surface area contributed by atoms with Crippen molar-refractivity contribution in [3.05, 3.63) is 86.5 Å². The van der Waals surface area contributed by atoms with Crippen LogP contribution in [0.1, 0.15) is 22.6 Å². The van der Waals surface area contributed by atoms with Crippen LogP contribution in [-0.2, 0) is 12.3 Å². The van der Waals surface area contributed by atoms with Crippen LogP contribution in [0.15, 0.2) is 63.0 Å². The van der Waals surface area contributed by atoms with E-state index in [-0.39, 0.29) is 5.56 Å². The third-order valence-corrected chi connectivity index (χ3v) is 6.01. The molecule has 0 radical (unpaired) electrons. The van der Waals surface area contributed by atoms with Crippen LogP contribution in [0.2, 0.25) is 5.02 Å². The Bertz CT molecular complexity index is 1200. The summed E-state index contributed by atoms with van der Waals surface area (Å²) in [4.78, 5) is 17.9. The minimum absolute atomic E-state index is 0.0771. The normalized spacial score (nSPS) is 11.2. The molecular formula is C21H18ClN3O2S. The molecule has 2 aromatic carbocycles. The summed E-state index contributed by atoms with van der Waals surface area (Å²) in [7, 11) is 0. The van der Waals surface area contributed by atoms with Gasteiger partial charge in [0, 0.05) is 16.3 Å². The van der Waals surface area contributed by atoms with Crippen molar-refractivity contribution in [2.75, 3.05) is 0 Å². The van der Waals surface area contributed by atoms with E-state index in [1.165, 1.54) is 11.8 Å². The highest BCUT2D eigenvalue weighted by Gasteiger charge is 2.16. The van der Waals surface area contributed by atoms with Gasteiger partial charge in [0.1, 0.15) is 5.76 Å². The van der Waals surface area contributed by atoms with Gasteiger partial charge in [0.25, 0.3) is 5.56 Å². The van der Waals surface area contributed by atoms with Gasteiger partial charge in [-0.3, -0.25) is 9.36 Å². The largest absolute Gasteiger partial charge is 0.361 e. The topological polar surface area (TPSA) is 60.9 Å². The molecule has 0 aliphatic rings. The Kier molecular flexibility index (Phi) is 5.24. The minimum Gasteiger partial charge on any atom is -0.361 e. The SMILES string of the molecule is Cc1noc(C)c1CSc1nc2ccccc2c(=O)n1Cc1ccccc1Cl. The zero-order chi connectivity index (χ0) is 19.7. The van der Waals surface area contributed by atoms with Gasteiger partial charge < -0.3 is 4.52 Å². The van der Waals surface area contributed by atoms with Crippen LogP contribution >= 0.6 is 23.4 Å². The second-order valence-corrected chi connectivity index (χ2v) is 7.84. The standard InChI is InChI=1S/C21H18ClN3O2S/c1-13-17(14(2)27-24-13)12-28-21-23-19-10-6-4-8-16(19)20(26)25(21)11-15-7-3-5-9-18(15)22/h3-10H,11-12H2,1-2H3. The molecule has 0 aliphatic heterocycles. The maximum Gasteiger partial charge on any atom is 0.262 e. The lowest BCUT2D eigenvalue weighted by Crippen LogP contribution is -2.24. The Morgan fingerprint density at radius 3 is 2.61 bits per heavy atom. The third-order valence-electron chi connectivity index (χ3n) is 4.64. The molecule has 0 saturated carbocycles. The van der Waals surface area contributed by atoms with Crippen molar-refractivity contribution in [3.8, 4) is 0 Å². The van der Waals surface area contributed by atoms with Gasteiger partial charge in [0.15, 0.2) is 5.16 Å². The number of para-hydroxylation sites is 1. The van der Waals surface area contributed by atoms with Gasteiger partial charge in [-0.2, -0.15) is 0 Å². The Morgan fingerprint density at radius 1 is 1.11 bits per heavy atom. The van der Waals surface area contributed by atoms with Crippen LogP contribution in [0.25, 0.3) is 10.9 Å². The first-order chi connectivity index (χ1) is 13.5. The van der Waals surface area contributed by atoms with E-state index in [1.54, 1.807) is 10.6 Å². The maximum absolute atomic E-state index is 13.2. The van der Waals surface area contributed by atoms with Crippen LogP contribution in [0.4, 0.5) is 0 Å². The number of hydrogen-bond donors (Lipinski definition) is 0. The molecule has 28 heavy (non-hydrogen) atoms. The molecule has 0 bridgehead atoms. The summed E-state index contributed by atoms with van der Waals surface area (Å²) in [6.07, 6.45) is 0. The van der Waals surface area contributed by atoms with E-state index in [4.69, 9.17) is 21.1 Å². The highest BCUT2D eigenvalue weighted by molar-refractivity contribution is 7.98. The number of fused-ring (bicyclic) bond motifs is 1. The van der Waals surface area contributed by atoms with Gasteiger partial charge in [-0.05, 0) is 37.6 Å². The summed E-state index contributed by atoms with van der Waals surface area (Å²) in [5.74, 6) is 1.40. The van der Waals surface area contributed by atoms with Gasteiger partial charge in [0.2, 0.25) is 0 Å². The molecule has 5 nitrogen and oxygen atoms in total. The van der Waals surface area contributed by atoms with Gasteiger partial charge >= 0.3 is 0 Å². The van der Waals surface area contributed by atoms with E-state index in [0.29, 0.717) is 33.4 Å². The van der Waals surface area contributed by atoms with E-state index in [0.717, 1.165) is 22.6 Å². The fourth-order valence-electron chi connectivity index (χ4n) is 3.04. The number of nitrogens with zero attached hydrogens (tertiary/aromatic N) is 3. The molecular weight excluding hydrogens is 394 g/mol. The number of thioether (sulfide) groups is 1. The first-order valence-electron chi connectivity index (χ1n) is 8.82. The molecule has 0 fully saturated rings. The van der Waals surface area contributed by atoms with Gasteiger partial charge in [-0.1, -0.05) is 58.9 Å². The number of hydrogen-bond acceptors (Lipinski definition) is 5. The summed E-state index contributed by atoms with van der Waals surface area (Å²) < 4.78 is 6.94. The first-order valence-corrected chi connectivity index (χ1v) is 10.2. The second-order valence-electron chi connectivity index (χ2n) is 6.49.